The smallest absolute Gasteiger partial charge is 0.325 e. The molecule has 132 valence electrons. The Balaban J connectivity index is 2.35. The van der Waals surface area contributed by atoms with E-state index in [1.165, 1.54) is 20.4 Å². The Kier molecular flexibility index (Phi) is 6.27. The van der Waals surface area contributed by atoms with Gasteiger partial charge in [-0.25, -0.2) is 4.98 Å². The summed E-state index contributed by atoms with van der Waals surface area (Å²) < 4.78 is 11.3. The maximum absolute atomic E-state index is 12.1. The fourth-order valence-electron chi connectivity index (χ4n) is 1.95. The second kappa shape index (κ2) is 8.62. The van der Waals surface area contributed by atoms with Crippen molar-refractivity contribution in [1.82, 2.24) is 15.3 Å². The Labute approximate surface area is 145 Å². The number of amides is 1. The molecule has 8 nitrogen and oxygen atoms in total. The van der Waals surface area contributed by atoms with Crippen LogP contribution in [-0.4, -0.2) is 41.8 Å². The molecule has 0 aliphatic carbocycles. The molecule has 1 heterocycles. The minimum Gasteiger partial charge on any atom is -0.475 e. The lowest BCUT2D eigenvalue weighted by atomic mass is 10.1. The second-order valence-corrected chi connectivity index (χ2v) is 5.14. The maximum atomic E-state index is 12.1. The van der Waals surface area contributed by atoms with Crippen molar-refractivity contribution in [3.63, 3.8) is 0 Å². The van der Waals surface area contributed by atoms with Gasteiger partial charge in [-0.05, 0) is 26.0 Å². The van der Waals surface area contributed by atoms with E-state index in [1.807, 2.05) is 13.8 Å². The highest BCUT2D eigenvalue weighted by atomic mass is 16.6. The third-order valence-corrected chi connectivity index (χ3v) is 2.93. The Morgan fingerprint density at radius 2 is 2.00 bits per heavy atom. The first-order valence-corrected chi connectivity index (χ1v) is 7.65. The normalized spacial score (nSPS) is 11.2. The predicted octanol–water partition coefficient (Wildman–Crippen LogP) is 2.15. The summed E-state index contributed by atoms with van der Waals surface area (Å²) in [7, 11) is 2.87. The lowest BCUT2D eigenvalue weighted by Gasteiger charge is -2.12. The van der Waals surface area contributed by atoms with Gasteiger partial charge < -0.3 is 19.6 Å². The van der Waals surface area contributed by atoms with Crippen LogP contribution >= 0.6 is 0 Å². The molecule has 0 atom stereocenters. The molecule has 1 aromatic carbocycles. The number of hydrogen-bond acceptors (Lipinski definition) is 7. The van der Waals surface area contributed by atoms with Gasteiger partial charge >= 0.3 is 6.01 Å². The first kappa shape index (κ1) is 18.2. The van der Waals surface area contributed by atoms with Crippen LogP contribution in [-0.2, 0) is 9.63 Å². The number of oxime groups is 1. The monoisotopic (exact) mass is 344 g/mol. The van der Waals surface area contributed by atoms with Crippen molar-refractivity contribution >= 4 is 11.6 Å². The van der Waals surface area contributed by atoms with E-state index in [0.717, 1.165) is 0 Å². The first-order valence-electron chi connectivity index (χ1n) is 7.65. The van der Waals surface area contributed by atoms with Gasteiger partial charge in [0.25, 0.3) is 5.91 Å². The molecule has 2 aromatic rings. The SMILES string of the molecule is CNC(=O)/C(=N/OC)c1ccccc1Oc1nccc(OC(C)C)n1. The highest BCUT2D eigenvalue weighted by Crippen LogP contribution is 2.25. The molecule has 0 aliphatic rings. The second-order valence-electron chi connectivity index (χ2n) is 5.14. The van der Waals surface area contributed by atoms with E-state index in [0.29, 0.717) is 17.2 Å². The molecule has 25 heavy (non-hydrogen) atoms. The van der Waals surface area contributed by atoms with Crippen molar-refractivity contribution in [3.05, 3.63) is 42.1 Å². The topological polar surface area (TPSA) is 94.9 Å². The first-order chi connectivity index (χ1) is 12.0. The van der Waals surface area contributed by atoms with Crippen LogP contribution in [0.15, 0.2) is 41.7 Å². The third-order valence-electron chi connectivity index (χ3n) is 2.93. The molecular formula is C17H20N4O4. The van der Waals surface area contributed by atoms with Gasteiger partial charge in [-0.2, -0.15) is 4.98 Å². The molecule has 0 fully saturated rings. The number of likely N-dealkylation sites (N-methyl/N-ethyl adjacent to an activating group) is 1. The molecule has 0 bridgehead atoms. The summed E-state index contributed by atoms with van der Waals surface area (Å²) in [5, 5.41) is 6.30. The summed E-state index contributed by atoms with van der Waals surface area (Å²) >= 11 is 0. The Morgan fingerprint density at radius 3 is 2.68 bits per heavy atom. The van der Waals surface area contributed by atoms with E-state index in [9.17, 15) is 4.79 Å². The molecule has 1 aromatic heterocycles. The summed E-state index contributed by atoms with van der Waals surface area (Å²) in [5.41, 5.74) is 0.526. The van der Waals surface area contributed by atoms with Crippen LogP contribution in [0, 0.1) is 0 Å². The number of carbonyl (C=O) groups excluding carboxylic acids is 1. The number of nitrogens with one attached hydrogen (secondary N) is 1. The molecule has 0 saturated heterocycles. The van der Waals surface area contributed by atoms with Crippen LogP contribution < -0.4 is 14.8 Å². The van der Waals surface area contributed by atoms with Crippen LogP contribution in [0.4, 0.5) is 0 Å². The van der Waals surface area contributed by atoms with E-state index in [-0.39, 0.29) is 17.8 Å². The number of benzene rings is 1. The van der Waals surface area contributed by atoms with Crippen molar-refractivity contribution < 1.29 is 19.1 Å². The highest BCUT2D eigenvalue weighted by molar-refractivity contribution is 6.45. The van der Waals surface area contributed by atoms with Crippen LogP contribution in [0.1, 0.15) is 19.4 Å². The summed E-state index contributed by atoms with van der Waals surface area (Å²) in [6.45, 7) is 3.80. The minimum absolute atomic E-state index is 0.0243. The van der Waals surface area contributed by atoms with Gasteiger partial charge in [0.15, 0.2) is 5.71 Å². The molecule has 0 unspecified atom stereocenters. The van der Waals surface area contributed by atoms with Crippen molar-refractivity contribution in [2.45, 2.75) is 20.0 Å². The Bertz CT molecular complexity index is 762. The van der Waals surface area contributed by atoms with Crippen LogP contribution in [0.2, 0.25) is 0 Å². The number of rotatable bonds is 7. The summed E-state index contributed by atoms with van der Waals surface area (Å²) in [5.74, 6) is 0.355. The zero-order chi connectivity index (χ0) is 18.2. The van der Waals surface area contributed by atoms with E-state index in [2.05, 4.69) is 20.4 Å². The van der Waals surface area contributed by atoms with E-state index >= 15 is 0 Å². The number of aromatic nitrogens is 2. The van der Waals surface area contributed by atoms with Crippen LogP contribution in [0.3, 0.4) is 0 Å². The maximum Gasteiger partial charge on any atom is 0.325 e. The quantitative estimate of drug-likeness (QED) is 0.611. The minimum atomic E-state index is -0.407. The molecule has 8 heteroatoms. The largest absolute Gasteiger partial charge is 0.475 e. The van der Waals surface area contributed by atoms with Gasteiger partial charge in [0.2, 0.25) is 5.88 Å². The number of nitrogens with zero attached hydrogens (tertiary/aromatic N) is 3. The average Bonchev–Trinajstić information content (AvgIpc) is 2.59. The third kappa shape index (κ3) is 4.90. The fourth-order valence-corrected chi connectivity index (χ4v) is 1.95. The van der Waals surface area contributed by atoms with E-state index < -0.39 is 5.91 Å². The molecule has 0 radical (unpaired) electrons. The fraction of sp³-hybridized carbons (Fsp3) is 0.294. The summed E-state index contributed by atoms with van der Waals surface area (Å²) in [6.07, 6.45) is 1.51. The molecule has 0 saturated carbocycles. The van der Waals surface area contributed by atoms with E-state index in [1.54, 1.807) is 30.3 Å². The Morgan fingerprint density at radius 1 is 1.24 bits per heavy atom. The number of hydrogen-bond donors (Lipinski definition) is 1. The lowest BCUT2D eigenvalue weighted by Crippen LogP contribution is -2.28. The van der Waals surface area contributed by atoms with Gasteiger partial charge in [0, 0.05) is 19.3 Å². The zero-order valence-electron chi connectivity index (χ0n) is 14.5. The average molecular weight is 344 g/mol. The van der Waals surface area contributed by atoms with E-state index in [4.69, 9.17) is 14.3 Å². The standard InChI is InChI=1S/C17H20N4O4/c1-11(2)24-14-9-10-19-17(20-14)25-13-8-6-5-7-12(13)15(21-23-4)16(22)18-3/h5-11H,1-4H3,(H,18,22)/b21-15+. The Hall–Kier alpha value is -3.16. The van der Waals surface area contributed by atoms with Crippen molar-refractivity contribution in [2.24, 2.45) is 5.16 Å². The molecule has 2 rings (SSSR count). The van der Waals surface area contributed by atoms with Gasteiger partial charge in [-0.1, -0.05) is 17.3 Å². The van der Waals surface area contributed by atoms with Crippen molar-refractivity contribution in [3.8, 4) is 17.6 Å². The molecule has 0 aliphatic heterocycles. The number of carbonyl (C=O) groups is 1. The number of ether oxygens (including phenoxy) is 2. The van der Waals surface area contributed by atoms with Gasteiger partial charge in [0.05, 0.1) is 11.7 Å². The molecular weight excluding hydrogens is 324 g/mol. The summed E-state index contributed by atoms with van der Waals surface area (Å²) in [6, 6.07) is 8.64. The molecule has 1 amide bonds. The van der Waals surface area contributed by atoms with Crippen molar-refractivity contribution in [2.75, 3.05) is 14.2 Å². The summed E-state index contributed by atoms with van der Waals surface area (Å²) in [4.78, 5) is 25.1. The zero-order valence-corrected chi connectivity index (χ0v) is 14.5. The number of para-hydroxylation sites is 1. The van der Waals surface area contributed by atoms with Gasteiger partial charge in [-0.15, -0.1) is 0 Å². The predicted molar refractivity (Wildman–Crippen MR) is 91.9 cm³/mol. The van der Waals surface area contributed by atoms with Gasteiger partial charge in [0.1, 0.15) is 12.9 Å². The van der Waals surface area contributed by atoms with Crippen LogP contribution in [0.5, 0.6) is 17.6 Å². The van der Waals surface area contributed by atoms with Crippen molar-refractivity contribution in [1.29, 1.82) is 0 Å². The van der Waals surface area contributed by atoms with Gasteiger partial charge in [-0.3, -0.25) is 4.79 Å². The highest BCUT2D eigenvalue weighted by Gasteiger charge is 2.19. The molecule has 0 spiro atoms. The van der Waals surface area contributed by atoms with Crippen LogP contribution in [0.25, 0.3) is 0 Å². The lowest BCUT2D eigenvalue weighted by molar-refractivity contribution is -0.114. The molecule has 1 N–H and O–H groups in total.